The Bertz CT molecular complexity index is 917. The summed E-state index contributed by atoms with van der Waals surface area (Å²) in [6.45, 7) is 2.80. The SMILES string of the molecule is COc1cc2ccccc2cc1C(=O)NC[C@@H](c1cccs1)N1CCCC1. The van der Waals surface area contributed by atoms with E-state index in [1.165, 1.54) is 17.7 Å². The molecule has 0 bridgehead atoms. The molecule has 4 rings (SSSR count). The lowest BCUT2D eigenvalue weighted by atomic mass is 10.1. The molecule has 1 saturated heterocycles. The summed E-state index contributed by atoms with van der Waals surface area (Å²) < 4.78 is 5.48. The van der Waals surface area contributed by atoms with Crippen LogP contribution in [-0.4, -0.2) is 37.6 Å². The standard InChI is InChI=1S/C22H24N2O2S/c1-26-20-14-17-8-3-2-7-16(17)13-18(20)22(25)23-15-19(21-9-6-12-27-21)24-10-4-5-11-24/h2-3,6-9,12-14,19H,4-5,10-11,15H2,1H3,(H,23,25)/t19-/m0/s1. The van der Waals surface area contributed by atoms with E-state index in [1.807, 2.05) is 36.4 Å². The zero-order chi connectivity index (χ0) is 18.6. The highest BCUT2D eigenvalue weighted by atomic mass is 32.1. The van der Waals surface area contributed by atoms with E-state index in [0.717, 1.165) is 23.9 Å². The minimum absolute atomic E-state index is 0.0849. The van der Waals surface area contributed by atoms with E-state index >= 15 is 0 Å². The van der Waals surface area contributed by atoms with Crippen molar-refractivity contribution in [1.82, 2.24) is 10.2 Å². The quantitative estimate of drug-likeness (QED) is 0.686. The Morgan fingerprint density at radius 1 is 1.15 bits per heavy atom. The van der Waals surface area contributed by atoms with E-state index in [4.69, 9.17) is 4.74 Å². The van der Waals surface area contributed by atoms with Crippen LogP contribution < -0.4 is 10.1 Å². The summed E-state index contributed by atoms with van der Waals surface area (Å²) in [6.07, 6.45) is 2.46. The van der Waals surface area contributed by atoms with Crippen LogP contribution in [0.1, 0.15) is 34.1 Å². The normalized spacial score (nSPS) is 15.7. The van der Waals surface area contributed by atoms with Gasteiger partial charge in [0.2, 0.25) is 0 Å². The summed E-state index contributed by atoms with van der Waals surface area (Å²) in [7, 11) is 1.61. The Morgan fingerprint density at radius 3 is 2.56 bits per heavy atom. The van der Waals surface area contributed by atoms with Crippen molar-refractivity contribution in [1.29, 1.82) is 0 Å². The number of fused-ring (bicyclic) bond motifs is 1. The van der Waals surface area contributed by atoms with E-state index < -0.39 is 0 Å². The number of likely N-dealkylation sites (tertiary alicyclic amines) is 1. The summed E-state index contributed by atoms with van der Waals surface area (Å²) >= 11 is 1.76. The summed E-state index contributed by atoms with van der Waals surface area (Å²) in [5, 5.41) is 7.36. The molecule has 1 aliphatic rings. The molecule has 2 heterocycles. The predicted molar refractivity (Wildman–Crippen MR) is 111 cm³/mol. The molecular formula is C22H24N2O2S. The van der Waals surface area contributed by atoms with Crippen molar-refractivity contribution in [2.45, 2.75) is 18.9 Å². The molecule has 0 radical (unpaired) electrons. The van der Waals surface area contributed by atoms with Crippen LogP contribution in [0.4, 0.5) is 0 Å². The summed E-state index contributed by atoms with van der Waals surface area (Å²) in [5.74, 6) is 0.526. The Hall–Kier alpha value is -2.37. The van der Waals surface area contributed by atoms with Gasteiger partial charge in [0.05, 0.1) is 18.7 Å². The number of nitrogens with one attached hydrogen (secondary N) is 1. The van der Waals surface area contributed by atoms with E-state index in [1.54, 1.807) is 18.4 Å². The van der Waals surface area contributed by atoms with E-state index in [-0.39, 0.29) is 11.9 Å². The lowest BCUT2D eigenvalue weighted by Crippen LogP contribution is -2.36. The first-order valence-corrected chi connectivity index (χ1v) is 10.3. The van der Waals surface area contributed by atoms with Crippen LogP contribution in [0.5, 0.6) is 5.75 Å². The first-order chi connectivity index (χ1) is 13.3. The Kier molecular flexibility index (Phi) is 5.41. The highest BCUT2D eigenvalue weighted by Gasteiger charge is 2.25. The van der Waals surface area contributed by atoms with Crippen LogP contribution in [0.15, 0.2) is 53.9 Å². The van der Waals surface area contributed by atoms with Crippen LogP contribution in [0, 0.1) is 0 Å². The molecule has 1 atom stereocenters. The van der Waals surface area contributed by atoms with Gasteiger partial charge in [-0.2, -0.15) is 0 Å². The summed E-state index contributed by atoms with van der Waals surface area (Å²) in [5.41, 5.74) is 0.586. The van der Waals surface area contributed by atoms with Crippen LogP contribution in [0.25, 0.3) is 10.8 Å². The zero-order valence-electron chi connectivity index (χ0n) is 15.5. The van der Waals surface area contributed by atoms with Crippen LogP contribution in [-0.2, 0) is 0 Å². The number of thiophene rings is 1. The molecule has 4 nitrogen and oxygen atoms in total. The number of hydrogen-bond donors (Lipinski definition) is 1. The smallest absolute Gasteiger partial charge is 0.255 e. The number of hydrogen-bond acceptors (Lipinski definition) is 4. The second kappa shape index (κ2) is 8.11. The minimum Gasteiger partial charge on any atom is -0.496 e. The molecule has 1 N–H and O–H groups in total. The highest BCUT2D eigenvalue weighted by molar-refractivity contribution is 7.10. The van der Waals surface area contributed by atoms with Gasteiger partial charge in [0.1, 0.15) is 5.75 Å². The predicted octanol–water partition coefficient (Wildman–Crippen LogP) is 4.48. The molecule has 140 valence electrons. The maximum Gasteiger partial charge on any atom is 0.255 e. The van der Waals surface area contributed by atoms with Gasteiger partial charge < -0.3 is 10.1 Å². The second-order valence-electron chi connectivity index (χ2n) is 6.88. The summed E-state index contributed by atoms with van der Waals surface area (Å²) in [4.78, 5) is 16.7. The van der Waals surface area contributed by atoms with Crippen molar-refractivity contribution in [3.63, 3.8) is 0 Å². The zero-order valence-corrected chi connectivity index (χ0v) is 16.3. The molecule has 0 aliphatic carbocycles. The second-order valence-corrected chi connectivity index (χ2v) is 7.86. The van der Waals surface area contributed by atoms with Crippen molar-refractivity contribution < 1.29 is 9.53 Å². The van der Waals surface area contributed by atoms with Crippen LogP contribution in [0.2, 0.25) is 0 Å². The number of ether oxygens (including phenoxy) is 1. The third-order valence-corrected chi connectivity index (χ3v) is 6.19. The topological polar surface area (TPSA) is 41.6 Å². The average Bonchev–Trinajstić information content (AvgIpc) is 3.41. The fourth-order valence-corrected chi connectivity index (χ4v) is 4.65. The first kappa shape index (κ1) is 18.0. The Labute approximate surface area is 163 Å². The van der Waals surface area contributed by atoms with E-state index in [9.17, 15) is 4.79 Å². The first-order valence-electron chi connectivity index (χ1n) is 9.38. The highest BCUT2D eigenvalue weighted by Crippen LogP contribution is 2.29. The fourth-order valence-electron chi connectivity index (χ4n) is 3.79. The molecule has 1 fully saturated rings. The van der Waals surface area contributed by atoms with Crippen molar-refractivity contribution >= 4 is 28.0 Å². The molecular weight excluding hydrogens is 356 g/mol. The Morgan fingerprint density at radius 2 is 1.89 bits per heavy atom. The maximum absolute atomic E-state index is 13.0. The fraction of sp³-hybridized carbons (Fsp3) is 0.318. The minimum atomic E-state index is -0.0849. The van der Waals surface area contributed by atoms with E-state index in [2.05, 4.69) is 27.7 Å². The van der Waals surface area contributed by atoms with Crippen molar-refractivity contribution in [3.05, 3.63) is 64.4 Å². The molecule has 0 unspecified atom stereocenters. The molecule has 2 aromatic carbocycles. The van der Waals surface area contributed by atoms with Gasteiger partial charge in [0, 0.05) is 11.4 Å². The molecule has 1 aliphatic heterocycles. The lowest BCUT2D eigenvalue weighted by molar-refractivity contribution is 0.0935. The van der Waals surface area contributed by atoms with Crippen LogP contribution in [0.3, 0.4) is 0 Å². The number of methoxy groups -OCH3 is 1. The van der Waals surface area contributed by atoms with Gasteiger partial charge in [-0.25, -0.2) is 0 Å². The van der Waals surface area contributed by atoms with Gasteiger partial charge in [-0.15, -0.1) is 11.3 Å². The molecule has 1 amide bonds. The number of rotatable bonds is 6. The van der Waals surface area contributed by atoms with Gasteiger partial charge in [-0.1, -0.05) is 30.3 Å². The monoisotopic (exact) mass is 380 g/mol. The Balaban J connectivity index is 1.55. The van der Waals surface area contributed by atoms with Gasteiger partial charge in [0.25, 0.3) is 5.91 Å². The number of benzene rings is 2. The lowest BCUT2D eigenvalue weighted by Gasteiger charge is -2.27. The largest absolute Gasteiger partial charge is 0.496 e. The molecule has 27 heavy (non-hydrogen) atoms. The van der Waals surface area contributed by atoms with Crippen molar-refractivity contribution in [3.8, 4) is 5.75 Å². The number of amides is 1. The van der Waals surface area contributed by atoms with Gasteiger partial charge >= 0.3 is 0 Å². The average molecular weight is 381 g/mol. The molecule has 3 aromatic rings. The van der Waals surface area contributed by atoms with Crippen molar-refractivity contribution in [2.24, 2.45) is 0 Å². The van der Waals surface area contributed by atoms with Gasteiger partial charge in [-0.3, -0.25) is 9.69 Å². The number of carbonyl (C=O) groups is 1. The van der Waals surface area contributed by atoms with E-state index in [0.29, 0.717) is 17.9 Å². The van der Waals surface area contributed by atoms with Gasteiger partial charge in [0.15, 0.2) is 0 Å². The van der Waals surface area contributed by atoms with Crippen LogP contribution >= 0.6 is 11.3 Å². The molecule has 5 heteroatoms. The third kappa shape index (κ3) is 3.84. The molecule has 1 aromatic heterocycles. The third-order valence-electron chi connectivity index (χ3n) is 5.22. The number of nitrogens with zero attached hydrogens (tertiary/aromatic N) is 1. The molecule has 0 saturated carbocycles. The number of carbonyl (C=O) groups excluding carboxylic acids is 1. The molecule has 0 spiro atoms. The summed E-state index contributed by atoms with van der Waals surface area (Å²) in [6, 6.07) is 16.3. The van der Waals surface area contributed by atoms with Gasteiger partial charge in [-0.05, 0) is 60.3 Å². The maximum atomic E-state index is 13.0. The van der Waals surface area contributed by atoms with Crippen molar-refractivity contribution in [2.75, 3.05) is 26.7 Å².